The number of H-pyrrole nitrogens is 1. The Kier molecular flexibility index (Phi) is 7.89. The molecular weight excluding hydrogens is 432 g/mol. The lowest BCUT2D eigenvalue weighted by molar-refractivity contribution is 0.312. The van der Waals surface area contributed by atoms with Gasteiger partial charge in [-0.05, 0) is 73.4 Å². The Morgan fingerprint density at radius 3 is 2.40 bits per heavy atom. The number of nitrogens with zero attached hydrogens (tertiary/aromatic N) is 3. The zero-order valence-electron chi connectivity index (χ0n) is 21.9. The maximum atomic E-state index is 9.03. The van der Waals surface area contributed by atoms with Crippen molar-refractivity contribution in [2.75, 3.05) is 25.5 Å². The minimum absolute atomic E-state index is 0.557. The van der Waals surface area contributed by atoms with Gasteiger partial charge in [0.15, 0.2) is 5.82 Å². The maximum Gasteiger partial charge on any atom is 0.181 e. The predicted octanol–water partition coefficient (Wildman–Crippen LogP) is 6.31. The van der Waals surface area contributed by atoms with Crippen LogP contribution in [0.5, 0.6) is 0 Å². The molecule has 1 aliphatic rings. The summed E-state index contributed by atoms with van der Waals surface area (Å²) >= 11 is 0. The summed E-state index contributed by atoms with van der Waals surface area (Å²) < 4.78 is 0. The van der Waals surface area contributed by atoms with Crippen LogP contribution < -0.4 is 5.32 Å². The maximum absolute atomic E-state index is 9.03. The van der Waals surface area contributed by atoms with E-state index in [4.69, 9.17) is 10.4 Å². The van der Waals surface area contributed by atoms with E-state index in [9.17, 15) is 0 Å². The monoisotopic (exact) mass is 472 g/mol. The van der Waals surface area contributed by atoms with Crippen LogP contribution in [0, 0.1) is 25.2 Å². The Balaban J connectivity index is 1.48. The van der Waals surface area contributed by atoms with Crippen LogP contribution in [0.3, 0.4) is 0 Å². The van der Waals surface area contributed by atoms with Crippen molar-refractivity contribution >= 4 is 11.5 Å². The minimum atomic E-state index is 0.557. The Labute approximate surface area is 210 Å². The average Bonchev–Trinajstić information content (AvgIpc) is 3.35. The van der Waals surface area contributed by atoms with E-state index in [0.717, 1.165) is 84.8 Å². The summed E-state index contributed by atoms with van der Waals surface area (Å²) in [4.78, 5) is 7.05. The van der Waals surface area contributed by atoms with Gasteiger partial charge < -0.3 is 10.2 Å². The van der Waals surface area contributed by atoms with Gasteiger partial charge in [0, 0.05) is 43.4 Å². The van der Waals surface area contributed by atoms with Crippen LogP contribution >= 0.6 is 0 Å². The Morgan fingerprint density at radius 1 is 1.09 bits per heavy atom. The van der Waals surface area contributed by atoms with Crippen molar-refractivity contribution in [1.29, 1.82) is 5.41 Å². The SMILES string of the molecule is CCC(CC)Cc1nc(-c2cc(C(=N)N3CCC(c4ccc(NC)cc4)CC3)c(C)cc2C)n[nH]1. The standard InChI is InChI=1S/C29H40N6/c1-6-21(7-2)17-27-32-29(34-33-27)26-18-25(19(3)16-20(26)4)28(30)35-14-12-23(13-15-35)22-8-10-24(31-5)11-9-22/h8-11,16,18,21,23,30-31H,6-7,12-15,17H2,1-5H3,(H,32,33,34). The van der Waals surface area contributed by atoms with Crippen LogP contribution in [0.1, 0.15) is 73.5 Å². The molecule has 1 fully saturated rings. The van der Waals surface area contributed by atoms with Gasteiger partial charge in [0.1, 0.15) is 11.7 Å². The summed E-state index contributed by atoms with van der Waals surface area (Å²) in [5.74, 6) is 3.49. The second-order valence-corrected chi connectivity index (χ2v) is 9.96. The third-order valence-corrected chi connectivity index (χ3v) is 7.72. The molecule has 2 heterocycles. The molecule has 3 N–H and O–H groups in total. The Hall–Kier alpha value is -3.15. The number of rotatable bonds is 8. The second kappa shape index (κ2) is 11.1. The largest absolute Gasteiger partial charge is 0.388 e. The number of aromatic nitrogens is 3. The van der Waals surface area contributed by atoms with Crippen molar-refractivity contribution in [2.45, 2.75) is 65.7 Å². The number of hydrogen-bond acceptors (Lipinski definition) is 4. The number of aryl methyl sites for hydroxylation is 2. The van der Waals surface area contributed by atoms with Crippen molar-refractivity contribution in [3.05, 3.63) is 64.5 Å². The second-order valence-electron chi connectivity index (χ2n) is 9.96. The molecule has 2 aromatic carbocycles. The number of benzene rings is 2. The van der Waals surface area contributed by atoms with Crippen LogP contribution in [0.15, 0.2) is 36.4 Å². The number of hydrogen-bond donors (Lipinski definition) is 3. The van der Waals surface area contributed by atoms with Crippen LogP contribution in [-0.4, -0.2) is 46.1 Å². The predicted molar refractivity (Wildman–Crippen MR) is 145 cm³/mol. The van der Waals surface area contributed by atoms with Crippen LogP contribution in [0.2, 0.25) is 0 Å². The molecule has 35 heavy (non-hydrogen) atoms. The number of aromatic amines is 1. The zero-order chi connectivity index (χ0) is 24.9. The third kappa shape index (κ3) is 5.58. The molecular formula is C29H40N6. The summed E-state index contributed by atoms with van der Waals surface area (Å²) in [6, 6.07) is 13.1. The first-order valence-electron chi connectivity index (χ1n) is 13.1. The van der Waals surface area contributed by atoms with Crippen molar-refractivity contribution in [2.24, 2.45) is 5.92 Å². The molecule has 0 radical (unpaired) electrons. The van der Waals surface area contributed by atoms with Gasteiger partial charge >= 0.3 is 0 Å². The number of likely N-dealkylation sites (tertiary alicyclic amines) is 1. The first kappa shape index (κ1) is 25.0. The fraction of sp³-hybridized carbons (Fsp3) is 0.483. The average molecular weight is 473 g/mol. The van der Waals surface area contributed by atoms with Gasteiger partial charge in [-0.1, -0.05) is 44.9 Å². The number of nitrogens with one attached hydrogen (secondary N) is 3. The van der Waals surface area contributed by atoms with Gasteiger partial charge in [0.05, 0.1) is 0 Å². The Morgan fingerprint density at radius 2 is 1.77 bits per heavy atom. The van der Waals surface area contributed by atoms with E-state index in [1.807, 2.05) is 7.05 Å². The molecule has 1 aromatic heterocycles. The van der Waals surface area contributed by atoms with E-state index >= 15 is 0 Å². The Bertz CT molecular complexity index is 1130. The van der Waals surface area contributed by atoms with Gasteiger partial charge in [-0.2, -0.15) is 5.10 Å². The molecule has 0 saturated carbocycles. The summed E-state index contributed by atoms with van der Waals surface area (Å²) in [6.07, 6.45) is 5.36. The van der Waals surface area contributed by atoms with Gasteiger partial charge in [-0.3, -0.25) is 10.5 Å². The van der Waals surface area contributed by atoms with Gasteiger partial charge in [-0.25, -0.2) is 4.98 Å². The summed E-state index contributed by atoms with van der Waals surface area (Å²) in [5, 5.41) is 19.9. The molecule has 0 amide bonds. The van der Waals surface area contributed by atoms with Crippen molar-refractivity contribution in [3.63, 3.8) is 0 Å². The molecule has 0 bridgehead atoms. The molecule has 0 atom stereocenters. The lowest BCUT2D eigenvalue weighted by Gasteiger charge is -2.34. The van der Waals surface area contributed by atoms with E-state index < -0.39 is 0 Å². The molecule has 1 aliphatic heterocycles. The third-order valence-electron chi connectivity index (χ3n) is 7.72. The minimum Gasteiger partial charge on any atom is -0.388 e. The summed E-state index contributed by atoms with van der Waals surface area (Å²) in [5.41, 5.74) is 6.82. The van der Waals surface area contributed by atoms with E-state index in [1.165, 1.54) is 5.56 Å². The van der Waals surface area contributed by atoms with E-state index in [2.05, 4.69) is 84.5 Å². The highest BCUT2D eigenvalue weighted by molar-refractivity contribution is 5.99. The number of amidine groups is 1. The van der Waals surface area contributed by atoms with Crippen LogP contribution in [-0.2, 0) is 6.42 Å². The first-order valence-corrected chi connectivity index (χ1v) is 13.1. The molecule has 6 heteroatoms. The fourth-order valence-electron chi connectivity index (χ4n) is 5.23. The van der Waals surface area contributed by atoms with Crippen molar-refractivity contribution in [1.82, 2.24) is 20.1 Å². The molecule has 186 valence electrons. The van der Waals surface area contributed by atoms with Gasteiger partial charge in [0.2, 0.25) is 0 Å². The lowest BCUT2D eigenvalue weighted by atomic mass is 9.88. The van der Waals surface area contributed by atoms with E-state index in [-0.39, 0.29) is 0 Å². The highest BCUT2D eigenvalue weighted by atomic mass is 15.2. The van der Waals surface area contributed by atoms with Gasteiger partial charge in [0.25, 0.3) is 0 Å². The molecule has 1 saturated heterocycles. The normalized spacial score (nSPS) is 14.5. The topological polar surface area (TPSA) is 80.7 Å². The quantitative estimate of drug-likeness (QED) is 0.265. The van der Waals surface area contributed by atoms with Crippen molar-refractivity contribution < 1.29 is 0 Å². The summed E-state index contributed by atoms with van der Waals surface area (Å²) in [6.45, 7) is 10.5. The van der Waals surface area contributed by atoms with E-state index in [0.29, 0.717) is 17.7 Å². The molecule has 0 spiro atoms. The zero-order valence-corrected chi connectivity index (χ0v) is 21.9. The fourth-order valence-corrected chi connectivity index (χ4v) is 5.23. The number of anilines is 1. The van der Waals surface area contributed by atoms with Crippen LogP contribution in [0.4, 0.5) is 5.69 Å². The van der Waals surface area contributed by atoms with Crippen LogP contribution in [0.25, 0.3) is 11.4 Å². The number of piperidine rings is 1. The van der Waals surface area contributed by atoms with Crippen molar-refractivity contribution in [3.8, 4) is 11.4 Å². The summed E-state index contributed by atoms with van der Waals surface area (Å²) in [7, 11) is 1.95. The smallest absolute Gasteiger partial charge is 0.181 e. The molecule has 3 aromatic rings. The van der Waals surface area contributed by atoms with Gasteiger partial charge in [-0.15, -0.1) is 0 Å². The lowest BCUT2D eigenvalue weighted by Crippen LogP contribution is -2.38. The molecule has 0 aliphatic carbocycles. The molecule has 0 unspecified atom stereocenters. The molecule has 6 nitrogen and oxygen atoms in total. The first-order chi connectivity index (χ1) is 16.9. The molecule has 4 rings (SSSR count). The van der Waals surface area contributed by atoms with E-state index in [1.54, 1.807) is 0 Å². The highest BCUT2D eigenvalue weighted by Crippen LogP contribution is 2.31. The highest BCUT2D eigenvalue weighted by Gasteiger charge is 2.24.